The Bertz CT molecular complexity index is 351. The highest BCUT2D eigenvalue weighted by Gasteiger charge is 2.27. The molecule has 17 heavy (non-hydrogen) atoms. The Morgan fingerprint density at radius 3 is 2.35 bits per heavy atom. The molecule has 0 saturated heterocycles. The van der Waals surface area contributed by atoms with Crippen LogP contribution >= 0.6 is 0 Å². The lowest BCUT2D eigenvalue weighted by molar-refractivity contribution is -0.142. The number of aliphatic carboxylic acids is 1. The zero-order valence-electron chi connectivity index (χ0n) is 10.1. The number of carbonyl (C=O) groups is 1. The molecule has 0 aliphatic heterocycles. The molecule has 94 valence electrons. The van der Waals surface area contributed by atoms with Crippen molar-refractivity contribution in [2.45, 2.75) is 32.5 Å². The molecule has 0 radical (unpaired) electrons. The third-order valence-electron chi connectivity index (χ3n) is 2.92. The Morgan fingerprint density at radius 1 is 1.29 bits per heavy atom. The molecule has 0 aliphatic rings. The second-order valence-electron chi connectivity index (χ2n) is 4.28. The quantitative estimate of drug-likeness (QED) is 0.696. The average molecular weight is 237 g/mol. The van der Waals surface area contributed by atoms with E-state index in [1.54, 1.807) is 13.8 Å². The highest BCUT2D eigenvalue weighted by Crippen LogP contribution is 2.10. The van der Waals surface area contributed by atoms with Gasteiger partial charge in [0.05, 0.1) is 6.10 Å². The Labute approximate surface area is 101 Å². The zero-order chi connectivity index (χ0) is 12.8. The van der Waals surface area contributed by atoms with Crippen LogP contribution in [0.2, 0.25) is 0 Å². The molecule has 0 spiro atoms. The monoisotopic (exact) mass is 237 g/mol. The number of aliphatic hydroxyl groups is 1. The van der Waals surface area contributed by atoms with Gasteiger partial charge >= 0.3 is 5.97 Å². The molecule has 1 rings (SSSR count). The molecule has 1 aromatic carbocycles. The first kappa shape index (κ1) is 13.7. The normalized spacial score (nSPS) is 16.2. The molecule has 0 aromatic heterocycles. The summed E-state index contributed by atoms with van der Waals surface area (Å²) in [4.78, 5) is 11.1. The number of nitrogens with one attached hydrogen (secondary N) is 1. The van der Waals surface area contributed by atoms with Crippen molar-refractivity contribution in [1.29, 1.82) is 0 Å². The third kappa shape index (κ3) is 4.17. The lowest BCUT2D eigenvalue weighted by Crippen LogP contribution is -2.45. The van der Waals surface area contributed by atoms with E-state index >= 15 is 0 Å². The van der Waals surface area contributed by atoms with Crippen LogP contribution < -0.4 is 5.32 Å². The number of carboxylic acids is 1. The van der Waals surface area contributed by atoms with Gasteiger partial charge < -0.3 is 10.2 Å². The van der Waals surface area contributed by atoms with Crippen LogP contribution in [0.5, 0.6) is 0 Å². The van der Waals surface area contributed by atoms with E-state index < -0.39 is 18.1 Å². The summed E-state index contributed by atoms with van der Waals surface area (Å²) in [5, 5.41) is 21.5. The summed E-state index contributed by atoms with van der Waals surface area (Å²) < 4.78 is 0. The first-order valence-corrected chi connectivity index (χ1v) is 5.70. The summed E-state index contributed by atoms with van der Waals surface area (Å²) in [6, 6.07) is 8.85. The molecule has 0 fully saturated rings. The minimum Gasteiger partial charge on any atom is -0.480 e. The summed E-state index contributed by atoms with van der Waals surface area (Å²) in [5.41, 5.74) is 1.02. The van der Waals surface area contributed by atoms with Crippen molar-refractivity contribution in [2.75, 3.05) is 0 Å². The van der Waals surface area contributed by atoms with Crippen molar-refractivity contribution in [3.05, 3.63) is 35.9 Å². The van der Waals surface area contributed by atoms with Crippen LogP contribution in [-0.2, 0) is 11.3 Å². The maximum Gasteiger partial charge on any atom is 0.321 e. The van der Waals surface area contributed by atoms with Gasteiger partial charge in [0, 0.05) is 12.5 Å². The van der Waals surface area contributed by atoms with Gasteiger partial charge in [0.15, 0.2) is 0 Å². The van der Waals surface area contributed by atoms with Crippen LogP contribution in [0.15, 0.2) is 30.3 Å². The van der Waals surface area contributed by atoms with E-state index in [-0.39, 0.29) is 5.92 Å². The van der Waals surface area contributed by atoms with E-state index in [1.165, 1.54) is 0 Å². The van der Waals surface area contributed by atoms with Gasteiger partial charge in [-0.2, -0.15) is 0 Å². The summed E-state index contributed by atoms with van der Waals surface area (Å²) in [6.45, 7) is 3.81. The van der Waals surface area contributed by atoms with Gasteiger partial charge in [-0.15, -0.1) is 0 Å². The number of hydrogen-bond donors (Lipinski definition) is 3. The highest BCUT2D eigenvalue weighted by atomic mass is 16.4. The second kappa shape index (κ2) is 6.37. The maximum absolute atomic E-state index is 11.1. The molecule has 1 aromatic rings. The Balaban J connectivity index is 2.60. The average Bonchev–Trinajstić information content (AvgIpc) is 2.29. The standard InChI is InChI=1S/C13H19NO3/c1-9(10(2)15)12(13(16)17)14-8-11-6-4-3-5-7-11/h3-7,9-10,12,14-15H,8H2,1-2H3,(H,16,17)/t9-,10-,12?/m0/s1. The number of carboxylic acid groups (broad SMARTS) is 1. The fourth-order valence-corrected chi connectivity index (χ4v) is 1.60. The van der Waals surface area contributed by atoms with Crippen molar-refractivity contribution in [3.8, 4) is 0 Å². The minimum absolute atomic E-state index is 0.337. The summed E-state index contributed by atoms with van der Waals surface area (Å²) in [7, 11) is 0. The topological polar surface area (TPSA) is 69.6 Å². The molecule has 4 heteroatoms. The fraction of sp³-hybridized carbons (Fsp3) is 0.462. The molecule has 0 saturated carbocycles. The Hall–Kier alpha value is -1.39. The minimum atomic E-state index is -0.936. The lowest BCUT2D eigenvalue weighted by atomic mass is 9.96. The van der Waals surface area contributed by atoms with Crippen molar-refractivity contribution in [3.63, 3.8) is 0 Å². The second-order valence-corrected chi connectivity index (χ2v) is 4.28. The summed E-state index contributed by atoms with van der Waals surface area (Å²) in [5.74, 6) is -1.27. The largest absolute Gasteiger partial charge is 0.480 e. The van der Waals surface area contributed by atoms with Gasteiger partial charge in [0.2, 0.25) is 0 Å². The number of hydrogen-bond acceptors (Lipinski definition) is 3. The van der Waals surface area contributed by atoms with Crippen molar-refractivity contribution in [2.24, 2.45) is 5.92 Å². The number of rotatable bonds is 6. The van der Waals surface area contributed by atoms with Gasteiger partial charge in [-0.1, -0.05) is 37.3 Å². The van der Waals surface area contributed by atoms with E-state index in [1.807, 2.05) is 30.3 Å². The van der Waals surface area contributed by atoms with Crippen molar-refractivity contribution in [1.82, 2.24) is 5.32 Å². The molecule has 1 unspecified atom stereocenters. The van der Waals surface area contributed by atoms with E-state index in [0.717, 1.165) is 5.56 Å². The molecule has 0 heterocycles. The Morgan fingerprint density at radius 2 is 1.88 bits per heavy atom. The van der Waals surface area contributed by atoms with Crippen LogP contribution in [0, 0.1) is 5.92 Å². The molecule has 3 atom stereocenters. The SMILES string of the molecule is C[C@H](O)[C@H](C)C(NCc1ccccc1)C(=O)O. The van der Waals surface area contributed by atoms with E-state index in [4.69, 9.17) is 5.11 Å². The summed E-state index contributed by atoms with van der Waals surface area (Å²) in [6.07, 6.45) is -0.653. The van der Waals surface area contributed by atoms with E-state index in [2.05, 4.69) is 5.32 Å². The predicted octanol–water partition coefficient (Wildman–Crippen LogP) is 1.25. The number of aliphatic hydroxyl groups excluding tert-OH is 1. The highest BCUT2D eigenvalue weighted by molar-refractivity contribution is 5.73. The first-order chi connectivity index (χ1) is 8.02. The van der Waals surface area contributed by atoms with E-state index in [9.17, 15) is 9.90 Å². The third-order valence-corrected chi connectivity index (χ3v) is 2.92. The Kier molecular flexibility index (Phi) is 5.12. The van der Waals surface area contributed by atoms with Gasteiger partial charge in [0.1, 0.15) is 6.04 Å². The van der Waals surface area contributed by atoms with Crippen LogP contribution in [0.25, 0.3) is 0 Å². The van der Waals surface area contributed by atoms with Crippen LogP contribution in [0.4, 0.5) is 0 Å². The molecule has 4 nitrogen and oxygen atoms in total. The maximum atomic E-state index is 11.1. The van der Waals surface area contributed by atoms with Crippen LogP contribution in [0.1, 0.15) is 19.4 Å². The predicted molar refractivity (Wildman–Crippen MR) is 65.6 cm³/mol. The van der Waals surface area contributed by atoms with Gasteiger partial charge in [-0.05, 0) is 12.5 Å². The molecule has 0 aliphatic carbocycles. The van der Waals surface area contributed by atoms with Crippen LogP contribution in [0.3, 0.4) is 0 Å². The zero-order valence-corrected chi connectivity index (χ0v) is 10.1. The van der Waals surface area contributed by atoms with Crippen LogP contribution in [-0.4, -0.2) is 28.3 Å². The molecule has 3 N–H and O–H groups in total. The molecular formula is C13H19NO3. The smallest absolute Gasteiger partial charge is 0.321 e. The number of benzene rings is 1. The van der Waals surface area contributed by atoms with Gasteiger partial charge in [-0.25, -0.2) is 0 Å². The fourth-order valence-electron chi connectivity index (χ4n) is 1.60. The van der Waals surface area contributed by atoms with E-state index in [0.29, 0.717) is 6.54 Å². The lowest BCUT2D eigenvalue weighted by Gasteiger charge is -2.23. The van der Waals surface area contributed by atoms with Crippen molar-refractivity contribution >= 4 is 5.97 Å². The first-order valence-electron chi connectivity index (χ1n) is 5.70. The van der Waals surface area contributed by atoms with Gasteiger partial charge in [0.25, 0.3) is 0 Å². The van der Waals surface area contributed by atoms with Gasteiger partial charge in [-0.3, -0.25) is 10.1 Å². The van der Waals surface area contributed by atoms with Crippen molar-refractivity contribution < 1.29 is 15.0 Å². The summed E-state index contributed by atoms with van der Waals surface area (Å²) >= 11 is 0. The molecular weight excluding hydrogens is 218 g/mol. The molecule has 0 bridgehead atoms. The molecule has 0 amide bonds.